The number of anilines is 1. The second kappa shape index (κ2) is 9.04. The summed E-state index contributed by atoms with van der Waals surface area (Å²) >= 11 is 0. The topological polar surface area (TPSA) is 75.4 Å². The molecule has 1 saturated heterocycles. The molecule has 2 amide bonds. The third-order valence-corrected chi connectivity index (χ3v) is 4.29. The number of aryl methyl sites for hydroxylation is 1. The molecule has 0 bridgehead atoms. The fourth-order valence-corrected chi connectivity index (χ4v) is 3.24. The van der Waals surface area contributed by atoms with Gasteiger partial charge in [0, 0.05) is 37.3 Å². The Labute approximate surface area is 150 Å². The van der Waals surface area contributed by atoms with Crippen molar-refractivity contribution in [3.63, 3.8) is 0 Å². The molecule has 3 N–H and O–H groups in total. The molecule has 1 aliphatic rings. The lowest BCUT2D eigenvalue weighted by Gasteiger charge is -2.35. The van der Waals surface area contributed by atoms with Crippen LogP contribution < -0.4 is 11.1 Å². The average Bonchev–Trinajstić information content (AvgIpc) is 2.48. The van der Waals surface area contributed by atoms with E-state index < -0.39 is 0 Å². The zero-order valence-corrected chi connectivity index (χ0v) is 15.5. The highest BCUT2D eigenvalue weighted by Crippen LogP contribution is 2.24. The summed E-state index contributed by atoms with van der Waals surface area (Å²) in [4.78, 5) is 26.4. The van der Waals surface area contributed by atoms with Crippen LogP contribution in [0, 0.1) is 18.8 Å². The highest BCUT2D eigenvalue weighted by molar-refractivity contribution is 5.97. The molecule has 0 saturated carbocycles. The fraction of sp³-hybridized carbons (Fsp3) is 0.556. The maximum Gasteiger partial charge on any atom is 0.253 e. The van der Waals surface area contributed by atoms with E-state index in [0.29, 0.717) is 29.6 Å². The average molecular weight is 354 g/mol. The van der Waals surface area contributed by atoms with Crippen LogP contribution in [0.3, 0.4) is 0 Å². The van der Waals surface area contributed by atoms with Crippen molar-refractivity contribution < 1.29 is 9.59 Å². The largest absolute Gasteiger partial charge is 0.338 e. The first-order valence-corrected chi connectivity index (χ1v) is 8.30. The molecule has 24 heavy (non-hydrogen) atoms. The maximum atomic E-state index is 12.8. The molecule has 5 nitrogen and oxygen atoms in total. The molecule has 6 heteroatoms. The molecule has 0 spiro atoms. The van der Waals surface area contributed by atoms with E-state index in [2.05, 4.69) is 19.2 Å². The number of likely N-dealkylation sites (tertiary alicyclic amines) is 1. The summed E-state index contributed by atoms with van der Waals surface area (Å²) in [5, 5.41) is 2.84. The highest BCUT2D eigenvalue weighted by atomic mass is 35.5. The summed E-state index contributed by atoms with van der Waals surface area (Å²) in [6, 6.07) is 5.48. The summed E-state index contributed by atoms with van der Waals surface area (Å²) in [6.45, 7) is 8.19. The summed E-state index contributed by atoms with van der Waals surface area (Å²) in [6.07, 6.45) is 1.44. The summed E-state index contributed by atoms with van der Waals surface area (Å²) in [5.74, 6) is 0.965. The van der Waals surface area contributed by atoms with Gasteiger partial charge in [-0.15, -0.1) is 12.4 Å². The van der Waals surface area contributed by atoms with Crippen molar-refractivity contribution in [2.75, 3.05) is 25.0 Å². The van der Waals surface area contributed by atoms with Crippen molar-refractivity contribution in [2.45, 2.75) is 33.6 Å². The normalized spacial score (nSPS) is 20.2. The van der Waals surface area contributed by atoms with Gasteiger partial charge < -0.3 is 16.0 Å². The summed E-state index contributed by atoms with van der Waals surface area (Å²) < 4.78 is 0. The van der Waals surface area contributed by atoms with Gasteiger partial charge in [-0.1, -0.05) is 19.9 Å². The van der Waals surface area contributed by atoms with E-state index >= 15 is 0 Å². The molecule has 0 radical (unpaired) electrons. The van der Waals surface area contributed by atoms with Gasteiger partial charge in [0.15, 0.2) is 0 Å². The monoisotopic (exact) mass is 353 g/mol. The van der Waals surface area contributed by atoms with Crippen LogP contribution in [0.4, 0.5) is 5.69 Å². The van der Waals surface area contributed by atoms with Crippen LogP contribution in [0.2, 0.25) is 0 Å². The fourth-order valence-electron chi connectivity index (χ4n) is 3.24. The number of carbonyl (C=O) groups excluding carboxylic acids is 2. The van der Waals surface area contributed by atoms with Crippen LogP contribution in [0.25, 0.3) is 0 Å². The number of halogens is 1. The van der Waals surface area contributed by atoms with Gasteiger partial charge >= 0.3 is 0 Å². The van der Waals surface area contributed by atoms with Gasteiger partial charge in [-0.2, -0.15) is 0 Å². The first kappa shape index (κ1) is 20.5. The summed E-state index contributed by atoms with van der Waals surface area (Å²) in [5.41, 5.74) is 7.65. The quantitative estimate of drug-likeness (QED) is 0.873. The zero-order chi connectivity index (χ0) is 17.0. The molecule has 1 aromatic rings. The summed E-state index contributed by atoms with van der Waals surface area (Å²) in [7, 11) is 0. The van der Waals surface area contributed by atoms with Crippen LogP contribution in [0.1, 0.15) is 42.6 Å². The lowest BCUT2D eigenvalue weighted by atomic mass is 9.91. The number of carbonyl (C=O) groups is 2. The molecule has 2 unspecified atom stereocenters. The molecule has 1 heterocycles. The third kappa shape index (κ3) is 5.21. The van der Waals surface area contributed by atoms with Crippen LogP contribution in [-0.2, 0) is 4.79 Å². The molecule has 134 valence electrons. The molecule has 2 rings (SSSR count). The third-order valence-electron chi connectivity index (χ3n) is 4.29. The Morgan fingerprint density at radius 1 is 1.25 bits per heavy atom. The van der Waals surface area contributed by atoms with Crippen molar-refractivity contribution >= 4 is 29.9 Å². The molecule has 2 atom stereocenters. The molecule has 1 aromatic carbocycles. The van der Waals surface area contributed by atoms with Crippen LogP contribution in [-0.4, -0.2) is 36.3 Å². The number of benzene rings is 1. The van der Waals surface area contributed by atoms with E-state index in [4.69, 9.17) is 5.73 Å². The van der Waals surface area contributed by atoms with E-state index in [1.54, 1.807) is 6.07 Å². The lowest BCUT2D eigenvalue weighted by molar-refractivity contribution is -0.116. The maximum absolute atomic E-state index is 12.8. The molecule has 1 aliphatic heterocycles. The number of nitrogens with zero attached hydrogens (tertiary/aromatic N) is 1. The number of piperidine rings is 1. The number of nitrogens with two attached hydrogens (primary N) is 1. The van der Waals surface area contributed by atoms with Gasteiger partial charge in [0.1, 0.15) is 0 Å². The minimum absolute atomic E-state index is 0. The Hall–Kier alpha value is -1.59. The minimum atomic E-state index is -0.125. The smallest absolute Gasteiger partial charge is 0.253 e. The minimum Gasteiger partial charge on any atom is -0.338 e. The number of rotatable bonds is 4. The van der Waals surface area contributed by atoms with Crippen molar-refractivity contribution in [3.8, 4) is 0 Å². The van der Waals surface area contributed by atoms with Crippen LogP contribution in [0.5, 0.6) is 0 Å². The highest BCUT2D eigenvalue weighted by Gasteiger charge is 2.26. The SMILES string of the molecule is Cc1ccc(C(=O)N2CC(C)CC(C)C2)cc1NC(=O)CCN.Cl. The standard InChI is InChI=1S/C18H27N3O2.ClH/c1-12-8-13(2)11-21(10-12)18(23)15-5-4-14(3)16(9-15)20-17(22)6-7-19;/h4-5,9,12-13H,6-8,10-11,19H2,1-3H3,(H,20,22);1H. The predicted octanol–water partition coefficient (Wildman–Crippen LogP) is 2.82. The van der Waals surface area contributed by atoms with E-state index in [1.165, 1.54) is 0 Å². The van der Waals surface area contributed by atoms with Gasteiger partial charge in [0.25, 0.3) is 5.91 Å². The predicted molar refractivity (Wildman–Crippen MR) is 99.6 cm³/mol. The van der Waals surface area contributed by atoms with Crippen molar-refractivity contribution in [1.29, 1.82) is 0 Å². The lowest BCUT2D eigenvalue weighted by Crippen LogP contribution is -2.42. The van der Waals surface area contributed by atoms with Gasteiger partial charge in [-0.25, -0.2) is 0 Å². The van der Waals surface area contributed by atoms with E-state index in [1.807, 2.05) is 24.0 Å². The van der Waals surface area contributed by atoms with Gasteiger partial charge in [-0.3, -0.25) is 9.59 Å². The van der Waals surface area contributed by atoms with Crippen LogP contribution >= 0.6 is 12.4 Å². The molecular formula is C18H28ClN3O2. The second-order valence-corrected chi connectivity index (χ2v) is 6.77. The van der Waals surface area contributed by atoms with Gasteiger partial charge in [0.05, 0.1) is 0 Å². The van der Waals surface area contributed by atoms with E-state index in [0.717, 1.165) is 25.1 Å². The van der Waals surface area contributed by atoms with Crippen molar-refractivity contribution in [1.82, 2.24) is 4.90 Å². The van der Waals surface area contributed by atoms with Gasteiger partial charge in [0.2, 0.25) is 5.91 Å². The molecule has 0 aliphatic carbocycles. The second-order valence-electron chi connectivity index (χ2n) is 6.77. The van der Waals surface area contributed by atoms with E-state index in [-0.39, 0.29) is 30.6 Å². The first-order valence-electron chi connectivity index (χ1n) is 8.30. The number of nitrogens with one attached hydrogen (secondary N) is 1. The Morgan fingerprint density at radius 2 is 1.88 bits per heavy atom. The van der Waals surface area contributed by atoms with Gasteiger partial charge in [-0.05, 0) is 42.9 Å². The molecule has 0 aromatic heterocycles. The van der Waals surface area contributed by atoms with Crippen molar-refractivity contribution in [2.24, 2.45) is 17.6 Å². The van der Waals surface area contributed by atoms with Crippen molar-refractivity contribution in [3.05, 3.63) is 29.3 Å². The Balaban J connectivity index is 0.00000288. The number of hydrogen-bond acceptors (Lipinski definition) is 3. The first-order chi connectivity index (χ1) is 10.9. The molecule has 1 fully saturated rings. The molecular weight excluding hydrogens is 326 g/mol. The zero-order valence-electron chi connectivity index (χ0n) is 14.7. The number of amides is 2. The van der Waals surface area contributed by atoms with E-state index in [9.17, 15) is 9.59 Å². The Morgan fingerprint density at radius 3 is 2.46 bits per heavy atom. The number of hydrogen-bond donors (Lipinski definition) is 2. The Bertz CT molecular complexity index is 582. The van der Waals surface area contributed by atoms with Crippen LogP contribution in [0.15, 0.2) is 18.2 Å². The Kier molecular flexibility index (Phi) is 7.70.